The molecule has 1 heterocycles. The van der Waals surface area contributed by atoms with Gasteiger partial charge < -0.3 is 4.72 Å². The van der Waals surface area contributed by atoms with Crippen LogP contribution in [0.4, 0.5) is 0 Å². The molecule has 1 aliphatic heterocycles. The zero-order chi connectivity index (χ0) is 12.6. The second-order valence-corrected chi connectivity index (χ2v) is 6.16. The van der Waals surface area contributed by atoms with Gasteiger partial charge in [-0.2, -0.15) is 0 Å². The average molecular weight is 268 g/mol. The topological polar surface area (TPSA) is 12.0 Å². The first-order chi connectivity index (χ1) is 8.00. The maximum Gasteiger partial charge on any atom is 0.0527 e. The highest BCUT2D eigenvalue weighted by Crippen LogP contribution is 2.43. The fourth-order valence-electron chi connectivity index (χ4n) is 2.31. The van der Waals surface area contributed by atoms with Crippen molar-refractivity contribution in [3.63, 3.8) is 0 Å². The number of rotatable bonds is 1. The molecule has 17 heavy (non-hydrogen) atoms. The van der Waals surface area contributed by atoms with Crippen LogP contribution in [0.3, 0.4) is 0 Å². The van der Waals surface area contributed by atoms with Gasteiger partial charge in [-0.3, -0.25) is 0 Å². The third-order valence-corrected chi connectivity index (χ3v) is 5.30. The molecule has 1 aromatic carbocycles. The number of hydrogen-bond donors (Lipinski definition) is 1. The lowest BCUT2D eigenvalue weighted by Crippen LogP contribution is -2.21. The Morgan fingerprint density at radius 1 is 1.41 bits per heavy atom. The quantitative estimate of drug-likeness (QED) is 0.735. The molecule has 0 aromatic heterocycles. The fourth-order valence-corrected chi connectivity index (χ4v) is 3.57. The molecule has 2 rings (SSSR count). The van der Waals surface area contributed by atoms with Crippen molar-refractivity contribution in [2.45, 2.75) is 32.4 Å². The predicted molar refractivity (Wildman–Crippen MR) is 77.3 cm³/mol. The lowest BCUT2D eigenvalue weighted by atomic mass is 9.92. The van der Waals surface area contributed by atoms with E-state index in [2.05, 4.69) is 44.2 Å². The van der Waals surface area contributed by atoms with Crippen molar-refractivity contribution in [1.82, 2.24) is 4.72 Å². The van der Waals surface area contributed by atoms with Crippen LogP contribution in [-0.2, 0) is 0 Å². The van der Waals surface area contributed by atoms with E-state index in [9.17, 15) is 0 Å². The van der Waals surface area contributed by atoms with Gasteiger partial charge in [-0.25, -0.2) is 0 Å². The van der Waals surface area contributed by atoms with Gasteiger partial charge in [-0.1, -0.05) is 37.2 Å². The number of hydrogen-bond acceptors (Lipinski definition) is 2. The molecule has 0 aliphatic carbocycles. The van der Waals surface area contributed by atoms with E-state index in [0.29, 0.717) is 11.2 Å². The van der Waals surface area contributed by atoms with Crippen LogP contribution < -0.4 is 4.72 Å². The zero-order valence-electron chi connectivity index (χ0n) is 10.5. The van der Waals surface area contributed by atoms with Gasteiger partial charge in [0, 0.05) is 10.7 Å². The van der Waals surface area contributed by atoms with E-state index in [1.807, 2.05) is 0 Å². The highest BCUT2D eigenvalue weighted by Gasteiger charge is 2.27. The van der Waals surface area contributed by atoms with E-state index in [0.717, 1.165) is 22.7 Å². The van der Waals surface area contributed by atoms with Gasteiger partial charge in [0.25, 0.3) is 0 Å². The fraction of sp³-hybridized carbons (Fsp3) is 0.429. The molecule has 1 aromatic rings. The monoisotopic (exact) mass is 267 g/mol. The summed E-state index contributed by atoms with van der Waals surface area (Å²) in [6, 6.07) is 4.32. The molecule has 3 heteroatoms. The summed E-state index contributed by atoms with van der Waals surface area (Å²) in [5, 5.41) is 1.36. The molecule has 1 fully saturated rings. The van der Waals surface area contributed by atoms with Gasteiger partial charge in [0.2, 0.25) is 0 Å². The summed E-state index contributed by atoms with van der Waals surface area (Å²) in [5.41, 5.74) is 4.83. The van der Waals surface area contributed by atoms with Gasteiger partial charge in [-0.05, 0) is 54.8 Å². The highest BCUT2D eigenvalue weighted by atomic mass is 35.5. The average Bonchev–Trinajstić information content (AvgIpc) is 2.28. The minimum Gasteiger partial charge on any atom is -0.334 e. The second-order valence-electron chi connectivity index (χ2n) is 4.84. The van der Waals surface area contributed by atoms with Crippen LogP contribution in [0.25, 0.3) is 0 Å². The summed E-state index contributed by atoms with van der Waals surface area (Å²) in [5.74, 6) is 0.589. The molecule has 0 amide bonds. The number of halogens is 1. The predicted octanol–water partition coefficient (Wildman–Crippen LogP) is 4.79. The molecule has 2 unspecified atom stereocenters. The first-order valence-electron chi connectivity index (χ1n) is 5.85. The van der Waals surface area contributed by atoms with Crippen molar-refractivity contribution in [1.29, 1.82) is 0 Å². The van der Waals surface area contributed by atoms with Crippen molar-refractivity contribution in [3.05, 3.63) is 46.1 Å². The smallest absolute Gasteiger partial charge is 0.0527 e. The van der Waals surface area contributed by atoms with Gasteiger partial charge in [0.1, 0.15) is 0 Å². The van der Waals surface area contributed by atoms with E-state index >= 15 is 0 Å². The van der Waals surface area contributed by atoms with Crippen molar-refractivity contribution >= 4 is 23.5 Å². The Hall–Kier alpha value is -0.600. The van der Waals surface area contributed by atoms with Crippen LogP contribution in [0.2, 0.25) is 5.02 Å². The third-order valence-electron chi connectivity index (χ3n) is 3.34. The molecule has 1 nitrogen and oxygen atoms in total. The van der Waals surface area contributed by atoms with Crippen molar-refractivity contribution < 1.29 is 0 Å². The molecule has 1 saturated heterocycles. The summed E-state index contributed by atoms with van der Waals surface area (Å²) in [4.78, 5) is 0. The SMILES string of the molecule is C=C1CC(C)C(c2ccc(C)c(Cl)c2C)SN1. The number of nitrogens with one attached hydrogen (secondary N) is 1. The molecular weight excluding hydrogens is 250 g/mol. The standard InChI is InChI=1S/C14H18ClNS/c1-8-5-6-12(11(4)13(8)15)14-9(2)7-10(3)16-17-14/h5-6,9,14,16H,3,7H2,1-2,4H3. The van der Waals surface area contributed by atoms with E-state index < -0.39 is 0 Å². The molecule has 2 atom stereocenters. The van der Waals surface area contributed by atoms with Crippen LogP contribution in [0.1, 0.15) is 35.3 Å². The first kappa shape index (κ1) is 12.8. The van der Waals surface area contributed by atoms with Gasteiger partial charge in [0.05, 0.1) is 5.25 Å². The van der Waals surface area contributed by atoms with Crippen molar-refractivity contribution in [2.24, 2.45) is 5.92 Å². The Morgan fingerprint density at radius 2 is 2.12 bits per heavy atom. The van der Waals surface area contributed by atoms with Crippen LogP contribution in [0.15, 0.2) is 24.4 Å². The van der Waals surface area contributed by atoms with Crippen molar-refractivity contribution in [2.75, 3.05) is 0 Å². The van der Waals surface area contributed by atoms with Crippen molar-refractivity contribution in [3.8, 4) is 0 Å². The molecule has 0 saturated carbocycles. The molecule has 92 valence electrons. The zero-order valence-corrected chi connectivity index (χ0v) is 12.1. The molecule has 0 radical (unpaired) electrons. The maximum absolute atomic E-state index is 6.33. The minimum absolute atomic E-state index is 0.457. The second kappa shape index (κ2) is 4.95. The highest BCUT2D eigenvalue weighted by molar-refractivity contribution is 7.97. The minimum atomic E-state index is 0.457. The summed E-state index contributed by atoms with van der Waals surface area (Å²) in [6.45, 7) is 10.4. The Labute approximate surface area is 113 Å². The third kappa shape index (κ3) is 2.48. The summed E-state index contributed by atoms with van der Waals surface area (Å²) >= 11 is 8.08. The Kier molecular flexibility index (Phi) is 3.74. The number of allylic oxidation sites excluding steroid dienone is 1. The van der Waals surface area contributed by atoms with Crippen LogP contribution >= 0.6 is 23.5 Å². The Balaban J connectivity index is 2.34. The van der Waals surface area contributed by atoms with E-state index in [4.69, 9.17) is 11.6 Å². The lowest BCUT2D eigenvalue weighted by Gasteiger charge is -2.31. The molecule has 0 bridgehead atoms. The maximum atomic E-state index is 6.33. The number of aryl methyl sites for hydroxylation is 1. The first-order valence-corrected chi connectivity index (χ1v) is 7.11. The number of benzene rings is 1. The molecule has 0 spiro atoms. The normalized spacial score (nSPS) is 24.6. The van der Waals surface area contributed by atoms with E-state index in [-0.39, 0.29) is 0 Å². The lowest BCUT2D eigenvalue weighted by molar-refractivity contribution is 0.537. The Morgan fingerprint density at radius 3 is 2.76 bits per heavy atom. The van der Waals surface area contributed by atoms with Crippen LogP contribution in [0.5, 0.6) is 0 Å². The molecule has 1 N–H and O–H groups in total. The van der Waals surface area contributed by atoms with Crippen LogP contribution in [0, 0.1) is 19.8 Å². The summed E-state index contributed by atoms with van der Waals surface area (Å²) in [7, 11) is 0. The van der Waals surface area contributed by atoms with Gasteiger partial charge in [-0.15, -0.1) is 0 Å². The van der Waals surface area contributed by atoms with E-state index in [1.54, 1.807) is 11.9 Å². The largest absolute Gasteiger partial charge is 0.334 e. The summed E-state index contributed by atoms with van der Waals surface area (Å²) in [6.07, 6.45) is 1.03. The van der Waals surface area contributed by atoms with Gasteiger partial charge >= 0.3 is 0 Å². The van der Waals surface area contributed by atoms with Gasteiger partial charge in [0.15, 0.2) is 0 Å². The molecule has 1 aliphatic rings. The Bertz CT molecular complexity index is 456. The molecular formula is C14H18ClNS. The summed E-state index contributed by atoms with van der Waals surface area (Å²) < 4.78 is 3.30. The van der Waals surface area contributed by atoms with Crippen LogP contribution in [-0.4, -0.2) is 0 Å². The van der Waals surface area contributed by atoms with E-state index in [1.165, 1.54) is 11.1 Å².